The predicted molar refractivity (Wildman–Crippen MR) is 157 cm³/mol. The average molecular weight is 488 g/mol. The maximum Gasteiger partial charge on any atom is 0.141 e. The molecular formula is C33H33N3O. The third-order valence-corrected chi connectivity index (χ3v) is 6.97. The van der Waals surface area contributed by atoms with E-state index in [4.69, 9.17) is 0 Å². The van der Waals surface area contributed by atoms with Gasteiger partial charge < -0.3 is 20.2 Å². The first-order valence-corrected chi connectivity index (χ1v) is 12.5. The number of aliphatic hydroxyl groups is 1. The van der Waals surface area contributed by atoms with Gasteiger partial charge >= 0.3 is 0 Å². The number of nitrogens with one attached hydrogen (secondary N) is 1. The Bertz CT molecular complexity index is 1440. The molecule has 0 aliphatic carbocycles. The molecule has 0 fully saturated rings. The van der Waals surface area contributed by atoms with Crippen LogP contribution in [0, 0.1) is 0 Å². The van der Waals surface area contributed by atoms with E-state index in [9.17, 15) is 5.11 Å². The number of hydrogen-bond donors (Lipinski definition) is 2. The van der Waals surface area contributed by atoms with Crippen LogP contribution in [0.15, 0.2) is 115 Å². The van der Waals surface area contributed by atoms with Crippen molar-refractivity contribution in [2.45, 2.75) is 5.60 Å². The average Bonchev–Trinajstić information content (AvgIpc) is 2.93. The lowest BCUT2D eigenvalue weighted by Crippen LogP contribution is -2.29. The van der Waals surface area contributed by atoms with Gasteiger partial charge in [0.2, 0.25) is 0 Å². The van der Waals surface area contributed by atoms with E-state index in [0.29, 0.717) is 0 Å². The second-order valence-corrected chi connectivity index (χ2v) is 9.79. The highest BCUT2D eigenvalue weighted by Gasteiger charge is 2.35. The second kappa shape index (κ2) is 10.00. The number of anilines is 4. The first-order valence-electron chi connectivity index (χ1n) is 12.5. The summed E-state index contributed by atoms with van der Waals surface area (Å²) in [5.41, 5.74) is 5.34. The molecule has 0 heterocycles. The summed E-state index contributed by atoms with van der Waals surface area (Å²) in [7, 11) is 8.08. The zero-order valence-corrected chi connectivity index (χ0v) is 21.8. The van der Waals surface area contributed by atoms with Crippen LogP contribution < -0.4 is 15.1 Å². The Morgan fingerprint density at radius 2 is 1.03 bits per heavy atom. The van der Waals surface area contributed by atoms with Crippen molar-refractivity contribution < 1.29 is 5.11 Å². The molecule has 5 aromatic carbocycles. The van der Waals surface area contributed by atoms with Gasteiger partial charge in [0.25, 0.3) is 0 Å². The summed E-state index contributed by atoms with van der Waals surface area (Å²) < 4.78 is 0. The molecule has 0 aliphatic heterocycles. The lowest BCUT2D eigenvalue weighted by atomic mass is 9.78. The minimum absolute atomic E-state index is 0.824. The first kappa shape index (κ1) is 24.4. The molecule has 0 aliphatic rings. The molecule has 0 unspecified atom stereocenters. The second-order valence-electron chi connectivity index (χ2n) is 9.79. The molecule has 0 saturated carbocycles. The van der Waals surface area contributed by atoms with Crippen molar-refractivity contribution in [1.82, 2.24) is 0 Å². The van der Waals surface area contributed by atoms with E-state index in [1.54, 1.807) is 0 Å². The molecule has 4 nitrogen and oxygen atoms in total. The summed E-state index contributed by atoms with van der Waals surface area (Å²) in [6.07, 6.45) is 0. The Labute approximate surface area is 219 Å². The topological polar surface area (TPSA) is 38.7 Å². The monoisotopic (exact) mass is 487 g/mol. The summed E-state index contributed by atoms with van der Waals surface area (Å²) in [6.45, 7) is 0. The van der Waals surface area contributed by atoms with Crippen LogP contribution in [0.4, 0.5) is 22.7 Å². The lowest BCUT2D eigenvalue weighted by Gasteiger charge is -2.32. The van der Waals surface area contributed by atoms with Gasteiger partial charge in [0, 0.05) is 61.9 Å². The SMILES string of the molecule is CN(C)c1ccc(C(O)(c2ccc(N(C)C)cc2)c2ccc(Nc3ccccc3)c3ccccc23)cc1. The third kappa shape index (κ3) is 4.64. The van der Waals surface area contributed by atoms with Gasteiger partial charge in [-0.3, -0.25) is 0 Å². The highest BCUT2D eigenvalue weighted by Crippen LogP contribution is 2.43. The predicted octanol–water partition coefficient (Wildman–Crippen LogP) is 7.00. The number of fused-ring (bicyclic) bond motifs is 1. The molecule has 0 bridgehead atoms. The molecule has 2 N–H and O–H groups in total. The first-order chi connectivity index (χ1) is 17.9. The van der Waals surface area contributed by atoms with Crippen molar-refractivity contribution in [1.29, 1.82) is 0 Å². The van der Waals surface area contributed by atoms with Gasteiger partial charge in [0.05, 0.1) is 0 Å². The minimum Gasteiger partial charge on any atom is -0.378 e. The number of rotatable bonds is 7. The van der Waals surface area contributed by atoms with Gasteiger partial charge in [0.1, 0.15) is 5.60 Å². The molecule has 0 aromatic heterocycles. The molecule has 37 heavy (non-hydrogen) atoms. The van der Waals surface area contributed by atoms with Crippen LogP contribution in [0.1, 0.15) is 16.7 Å². The molecule has 4 heteroatoms. The summed E-state index contributed by atoms with van der Waals surface area (Å²) >= 11 is 0. The van der Waals surface area contributed by atoms with E-state index in [-0.39, 0.29) is 0 Å². The van der Waals surface area contributed by atoms with Gasteiger partial charge in [-0.1, -0.05) is 72.8 Å². The maximum absolute atomic E-state index is 12.7. The van der Waals surface area contributed by atoms with E-state index in [1.807, 2.05) is 88.9 Å². The molecule has 0 atom stereocenters. The van der Waals surface area contributed by atoms with Gasteiger partial charge in [-0.05, 0) is 59.0 Å². The lowest BCUT2D eigenvalue weighted by molar-refractivity contribution is 0.127. The van der Waals surface area contributed by atoms with Crippen molar-refractivity contribution in [3.8, 4) is 0 Å². The van der Waals surface area contributed by atoms with Crippen LogP contribution in [-0.4, -0.2) is 33.3 Å². The third-order valence-electron chi connectivity index (χ3n) is 6.97. The van der Waals surface area contributed by atoms with Crippen molar-refractivity contribution >= 4 is 33.5 Å². The maximum atomic E-state index is 12.7. The van der Waals surface area contributed by atoms with Gasteiger partial charge in [-0.2, -0.15) is 0 Å². The Morgan fingerprint density at radius 3 is 1.54 bits per heavy atom. The van der Waals surface area contributed by atoms with Crippen LogP contribution in [-0.2, 0) is 5.60 Å². The Kier molecular flexibility index (Phi) is 6.60. The highest BCUT2D eigenvalue weighted by atomic mass is 16.3. The van der Waals surface area contributed by atoms with Crippen molar-refractivity contribution in [2.24, 2.45) is 0 Å². The Morgan fingerprint density at radius 1 is 0.541 bits per heavy atom. The van der Waals surface area contributed by atoms with Crippen LogP contribution >= 0.6 is 0 Å². The minimum atomic E-state index is -1.35. The Balaban J connectivity index is 1.71. The fourth-order valence-electron chi connectivity index (χ4n) is 4.88. The molecular weight excluding hydrogens is 454 g/mol. The quantitative estimate of drug-likeness (QED) is 0.243. The van der Waals surface area contributed by atoms with Gasteiger partial charge in [0.15, 0.2) is 0 Å². The highest BCUT2D eigenvalue weighted by molar-refractivity contribution is 5.98. The van der Waals surface area contributed by atoms with Crippen LogP contribution in [0.2, 0.25) is 0 Å². The van der Waals surface area contributed by atoms with Crippen LogP contribution in [0.25, 0.3) is 10.8 Å². The van der Waals surface area contributed by atoms with Crippen molar-refractivity contribution in [2.75, 3.05) is 43.3 Å². The van der Waals surface area contributed by atoms with Crippen LogP contribution in [0.3, 0.4) is 0 Å². The summed E-state index contributed by atoms with van der Waals surface area (Å²) in [5.74, 6) is 0. The molecule has 5 aromatic rings. The van der Waals surface area contributed by atoms with E-state index in [2.05, 4.69) is 69.7 Å². The Hall–Kier alpha value is -4.28. The van der Waals surface area contributed by atoms with Gasteiger partial charge in [-0.15, -0.1) is 0 Å². The van der Waals surface area contributed by atoms with E-state index in [0.717, 1.165) is 50.2 Å². The molecule has 0 spiro atoms. The molecule has 186 valence electrons. The smallest absolute Gasteiger partial charge is 0.141 e. The van der Waals surface area contributed by atoms with E-state index in [1.165, 1.54) is 0 Å². The standard InChI is InChI=1S/C33H33N3O/c1-35(2)27-18-14-24(15-19-27)33(37,25-16-20-28(21-17-25)36(3)4)31-22-23-32(30-13-9-8-12-29(30)31)34-26-10-6-5-7-11-26/h5-23,34,37H,1-4H3. The number of para-hydroxylation sites is 1. The van der Waals surface area contributed by atoms with E-state index >= 15 is 0 Å². The van der Waals surface area contributed by atoms with E-state index < -0.39 is 5.60 Å². The summed E-state index contributed by atoms with van der Waals surface area (Å²) in [5, 5.41) is 18.3. The van der Waals surface area contributed by atoms with Crippen LogP contribution in [0.5, 0.6) is 0 Å². The number of benzene rings is 5. The fraction of sp³-hybridized carbons (Fsp3) is 0.152. The number of hydrogen-bond acceptors (Lipinski definition) is 4. The fourth-order valence-corrected chi connectivity index (χ4v) is 4.88. The molecule has 0 amide bonds. The van der Waals surface area contributed by atoms with Gasteiger partial charge in [-0.25, -0.2) is 0 Å². The zero-order valence-electron chi connectivity index (χ0n) is 21.8. The van der Waals surface area contributed by atoms with Crippen molar-refractivity contribution in [3.63, 3.8) is 0 Å². The number of nitrogens with zero attached hydrogens (tertiary/aromatic N) is 2. The largest absolute Gasteiger partial charge is 0.378 e. The van der Waals surface area contributed by atoms with Crippen molar-refractivity contribution in [3.05, 3.63) is 132 Å². The molecule has 0 radical (unpaired) electrons. The zero-order chi connectivity index (χ0) is 26.0. The summed E-state index contributed by atoms with van der Waals surface area (Å²) in [6, 6.07) is 38.9. The summed E-state index contributed by atoms with van der Waals surface area (Å²) in [4.78, 5) is 4.13. The molecule has 5 rings (SSSR count). The normalized spacial score (nSPS) is 11.4. The molecule has 0 saturated heterocycles.